The van der Waals surface area contributed by atoms with Crippen molar-refractivity contribution in [1.29, 1.82) is 0 Å². The molecule has 0 fully saturated rings. The lowest BCUT2D eigenvalue weighted by molar-refractivity contribution is 0.0776. The molecule has 2 heteroatoms. The molecule has 0 N–H and O–H groups in total. The summed E-state index contributed by atoms with van der Waals surface area (Å²) in [5.41, 5.74) is 0.336. The van der Waals surface area contributed by atoms with Crippen LogP contribution < -0.4 is 0 Å². The minimum Gasteiger partial charge on any atom is -0.299 e. The summed E-state index contributed by atoms with van der Waals surface area (Å²) in [5.74, 6) is 1.47. The summed E-state index contributed by atoms with van der Waals surface area (Å²) in [6, 6.07) is 0.626. The van der Waals surface area contributed by atoms with Crippen LogP contribution in [0.4, 0.5) is 0 Å². The van der Waals surface area contributed by atoms with Crippen molar-refractivity contribution in [2.75, 3.05) is 7.05 Å². The molecule has 0 heterocycles. The van der Waals surface area contributed by atoms with Crippen LogP contribution in [0.1, 0.15) is 48.0 Å². The fourth-order valence-electron chi connectivity index (χ4n) is 2.20. The maximum absolute atomic E-state index is 2.53. The summed E-state index contributed by atoms with van der Waals surface area (Å²) in [7, 11) is 4.59. The molecule has 0 aromatic heterocycles. The predicted octanol–water partition coefficient (Wildman–Crippen LogP) is 2.57. The molecule has 0 saturated carbocycles. The summed E-state index contributed by atoms with van der Waals surface area (Å²) in [6.07, 6.45) is 1.28. The van der Waals surface area contributed by atoms with Crippen molar-refractivity contribution in [3.8, 4) is 0 Å². The third-order valence-corrected chi connectivity index (χ3v) is 3.65. The lowest BCUT2D eigenvalue weighted by Crippen LogP contribution is -2.50. The Morgan fingerprint density at radius 2 is 1.57 bits per heavy atom. The van der Waals surface area contributed by atoms with E-state index in [-0.39, 0.29) is 0 Å². The first kappa shape index (κ1) is 14.0. The third-order valence-electron chi connectivity index (χ3n) is 3.65. The Kier molecular flexibility index (Phi) is 5.21. The summed E-state index contributed by atoms with van der Waals surface area (Å²) >= 11 is 0. The molecule has 0 aliphatic heterocycles. The highest BCUT2D eigenvalue weighted by atomic mass is 15.2. The topological polar surface area (TPSA) is 3.24 Å². The Labute approximate surface area is 91.7 Å². The highest BCUT2D eigenvalue weighted by molar-refractivity contribution is 6.12. The van der Waals surface area contributed by atoms with Crippen molar-refractivity contribution in [3.63, 3.8) is 0 Å². The molecule has 0 rings (SSSR count). The maximum Gasteiger partial charge on any atom is 0.107 e. The van der Waals surface area contributed by atoms with Gasteiger partial charge in [0.05, 0.1) is 0 Å². The van der Waals surface area contributed by atoms with E-state index in [0.717, 1.165) is 5.92 Å². The SMILES string of the molecule is BC(C)C(C)(CC(C)C)N(C)C(C)C. The van der Waals surface area contributed by atoms with Crippen molar-refractivity contribution in [2.24, 2.45) is 5.92 Å². The van der Waals surface area contributed by atoms with Crippen molar-refractivity contribution < 1.29 is 0 Å². The highest BCUT2D eigenvalue weighted by Gasteiger charge is 2.34. The van der Waals surface area contributed by atoms with Crippen LogP contribution >= 0.6 is 0 Å². The van der Waals surface area contributed by atoms with Crippen LogP contribution in [0.15, 0.2) is 0 Å². The van der Waals surface area contributed by atoms with Crippen LogP contribution in [-0.2, 0) is 0 Å². The second-order valence-electron chi connectivity index (χ2n) is 5.81. The Bertz CT molecular complexity index is 166. The van der Waals surface area contributed by atoms with Gasteiger partial charge in [-0.05, 0) is 40.2 Å². The Morgan fingerprint density at radius 1 is 1.14 bits per heavy atom. The summed E-state index contributed by atoms with van der Waals surface area (Å²) < 4.78 is 0. The summed E-state index contributed by atoms with van der Waals surface area (Å²) in [5, 5.41) is 0. The fourth-order valence-corrected chi connectivity index (χ4v) is 2.20. The van der Waals surface area contributed by atoms with Crippen LogP contribution in [0.5, 0.6) is 0 Å². The lowest BCUT2D eigenvalue weighted by Gasteiger charge is -2.46. The Morgan fingerprint density at radius 3 is 1.79 bits per heavy atom. The predicted molar refractivity (Wildman–Crippen MR) is 68.7 cm³/mol. The first-order valence-corrected chi connectivity index (χ1v) is 5.94. The molecule has 0 saturated heterocycles. The van der Waals surface area contributed by atoms with Gasteiger partial charge < -0.3 is 0 Å². The van der Waals surface area contributed by atoms with Crippen LogP contribution in [0.3, 0.4) is 0 Å². The van der Waals surface area contributed by atoms with E-state index in [9.17, 15) is 0 Å². The van der Waals surface area contributed by atoms with Gasteiger partial charge in [-0.15, -0.1) is 0 Å². The molecule has 0 radical (unpaired) electrons. The number of hydrogen-bond acceptors (Lipinski definition) is 1. The second kappa shape index (κ2) is 5.20. The molecule has 14 heavy (non-hydrogen) atoms. The van der Waals surface area contributed by atoms with E-state index in [2.05, 4.69) is 61.3 Å². The van der Waals surface area contributed by atoms with Gasteiger partial charge in [-0.1, -0.05) is 26.6 Å². The first-order valence-electron chi connectivity index (χ1n) is 5.94. The van der Waals surface area contributed by atoms with Gasteiger partial charge >= 0.3 is 0 Å². The van der Waals surface area contributed by atoms with E-state index in [1.54, 1.807) is 0 Å². The average Bonchev–Trinajstić information content (AvgIpc) is 2.00. The Balaban J connectivity index is 4.71. The molecule has 84 valence electrons. The van der Waals surface area contributed by atoms with E-state index in [1.807, 2.05) is 0 Å². The molecule has 0 aromatic carbocycles. The van der Waals surface area contributed by atoms with Gasteiger partial charge in [-0.3, -0.25) is 4.90 Å². The molecule has 0 aromatic rings. The van der Waals surface area contributed by atoms with Gasteiger partial charge in [0, 0.05) is 11.6 Å². The molecule has 0 bridgehead atoms. The largest absolute Gasteiger partial charge is 0.299 e. The van der Waals surface area contributed by atoms with Crippen molar-refractivity contribution in [3.05, 3.63) is 0 Å². The maximum atomic E-state index is 2.53. The lowest BCUT2D eigenvalue weighted by atomic mass is 9.68. The minimum absolute atomic E-state index is 0.336. The van der Waals surface area contributed by atoms with E-state index >= 15 is 0 Å². The van der Waals surface area contributed by atoms with Gasteiger partial charge in [0.25, 0.3) is 0 Å². The molecule has 0 aliphatic carbocycles. The second-order valence-corrected chi connectivity index (χ2v) is 5.81. The van der Waals surface area contributed by atoms with Gasteiger partial charge in [0.1, 0.15) is 7.85 Å². The zero-order valence-corrected chi connectivity index (χ0v) is 11.4. The normalized spacial score (nSPS) is 19.0. The smallest absolute Gasteiger partial charge is 0.107 e. The van der Waals surface area contributed by atoms with E-state index in [1.165, 1.54) is 6.42 Å². The summed E-state index contributed by atoms with van der Waals surface area (Å²) in [6.45, 7) is 13.9. The Hall–Kier alpha value is 0.0249. The van der Waals surface area contributed by atoms with Crippen molar-refractivity contribution >= 4 is 7.85 Å². The zero-order chi connectivity index (χ0) is 11.5. The van der Waals surface area contributed by atoms with E-state index < -0.39 is 0 Å². The van der Waals surface area contributed by atoms with Crippen LogP contribution in [-0.4, -0.2) is 31.4 Å². The van der Waals surface area contributed by atoms with Crippen LogP contribution in [0, 0.1) is 5.92 Å². The third kappa shape index (κ3) is 3.31. The van der Waals surface area contributed by atoms with Crippen molar-refractivity contribution in [1.82, 2.24) is 4.90 Å². The summed E-state index contributed by atoms with van der Waals surface area (Å²) in [4.78, 5) is 2.53. The molecule has 0 spiro atoms. The van der Waals surface area contributed by atoms with Gasteiger partial charge in [-0.25, -0.2) is 0 Å². The molecule has 2 unspecified atom stereocenters. The molecular formula is C12H28BN. The molecule has 0 aliphatic rings. The van der Waals surface area contributed by atoms with Gasteiger partial charge in [0.2, 0.25) is 0 Å². The molecule has 2 atom stereocenters. The highest BCUT2D eigenvalue weighted by Crippen LogP contribution is 2.33. The number of hydrogen-bond donors (Lipinski definition) is 0. The standard InChI is InChI=1S/C12H28BN/c1-9(2)8-12(6,11(5)13)14(7)10(3)4/h9-11H,8,13H2,1-7H3. The zero-order valence-electron chi connectivity index (χ0n) is 11.4. The minimum atomic E-state index is 0.336. The number of nitrogens with zero attached hydrogens (tertiary/aromatic N) is 1. The molecule has 0 amide bonds. The molecular weight excluding hydrogens is 169 g/mol. The van der Waals surface area contributed by atoms with E-state index in [4.69, 9.17) is 0 Å². The fraction of sp³-hybridized carbons (Fsp3) is 1.00. The van der Waals surface area contributed by atoms with Crippen LogP contribution in [0.25, 0.3) is 0 Å². The first-order chi connectivity index (χ1) is 6.21. The molecule has 1 nitrogen and oxygen atoms in total. The van der Waals surface area contributed by atoms with E-state index in [0.29, 0.717) is 17.4 Å². The quantitative estimate of drug-likeness (QED) is 0.612. The van der Waals surface area contributed by atoms with Crippen LogP contribution in [0.2, 0.25) is 5.82 Å². The van der Waals surface area contributed by atoms with Gasteiger partial charge in [-0.2, -0.15) is 0 Å². The average molecular weight is 197 g/mol. The number of rotatable bonds is 5. The van der Waals surface area contributed by atoms with Crippen molar-refractivity contribution in [2.45, 2.75) is 65.4 Å². The monoisotopic (exact) mass is 197 g/mol. The van der Waals surface area contributed by atoms with Gasteiger partial charge in [0.15, 0.2) is 0 Å².